The highest BCUT2D eigenvalue weighted by Gasteiger charge is 2.31. The lowest BCUT2D eigenvalue weighted by Crippen LogP contribution is -2.29. The SMILES string of the molecule is CCCc1ccc(S(=O)(=O)N2CCC(CCN)C2)cc1. The van der Waals surface area contributed by atoms with Crippen LogP contribution in [0, 0.1) is 5.92 Å². The zero-order valence-corrected chi connectivity index (χ0v) is 12.9. The average Bonchev–Trinajstić information content (AvgIpc) is 2.90. The van der Waals surface area contributed by atoms with Gasteiger partial charge in [0.1, 0.15) is 0 Å². The summed E-state index contributed by atoms with van der Waals surface area (Å²) in [5, 5.41) is 0. The fraction of sp³-hybridized carbons (Fsp3) is 0.600. The van der Waals surface area contributed by atoms with Crippen LogP contribution in [0.5, 0.6) is 0 Å². The number of sulfonamides is 1. The molecule has 1 fully saturated rings. The van der Waals surface area contributed by atoms with Crippen molar-refractivity contribution in [3.63, 3.8) is 0 Å². The summed E-state index contributed by atoms with van der Waals surface area (Å²) in [6, 6.07) is 7.31. The van der Waals surface area contributed by atoms with Gasteiger partial charge in [0.25, 0.3) is 0 Å². The summed E-state index contributed by atoms with van der Waals surface area (Å²) in [7, 11) is -3.33. The maximum Gasteiger partial charge on any atom is 0.243 e. The highest BCUT2D eigenvalue weighted by atomic mass is 32.2. The standard InChI is InChI=1S/C15H24N2O2S/c1-2-3-13-4-6-15(7-5-13)20(18,19)17-11-9-14(12-17)8-10-16/h4-7,14H,2-3,8-12,16H2,1H3. The minimum absolute atomic E-state index is 0.408. The van der Waals surface area contributed by atoms with E-state index in [1.54, 1.807) is 16.4 Å². The van der Waals surface area contributed by atoms with Crippen LogP contribution in [0.1, 0.15) is 31.7 Å². The molecule has 1 aromatic carbocycles. The predicted molar refractivity (Wildman–Crippen MR) is 81.0 cm³/mol. The molecular formula is C15H24N2O2S. The van der Waals surface area contributed by atoms with E-state index in [2.05, 4.69) is 6.92 Å². The fourth-order valence-corrected chi connectivity index (χ4v) is 4.28. The van der Waals surface area contributed by atoms with Crippen LogP contribution >= 0.6 is 0 Å². The molecule has 5 heteroatoms. The summed E-state index contributed by atoms with van der Waals surface area (Å²) >= 11 is 0. The van der Waals surface area contributed by atoms with Gasteiger partial charge < -0.3 is 5.73 Å². The van der Waals surface area contributed by atoms with Crippen LogP contribution in [0.15, 0.2) is 29.2 Å². The van der Waals surface area contributed by atoms with E-state index in [1.165, 1.54) is 5.56 Å². The molecule has 4 nitrogen and oxygen atoms in total. The Hall–Kier alpha value is -0.910. The van der Waals surface area contributed by atoms with Gasteiger partial charge in [0, 0.05) is 13.1 Å². The Morgan fingerprint density at radius 1 is 1.30 bits per heavy atom. The molecule has 1 aliphatic heterocycles. The van der Waals surface area contributed by atoms with Gasteiger partial charge in [0.05, 0.1) is 4.90 Å². The summed E-state index contributed by atoms with van der Waals surface area (Å²) in [5.74, 6) is 0.411. The Balaban J connectivity index is 2.10. The van der Waals surface area contributed by atoms with Crippen LogP contribution in [0.2, 0.25) is 0 Å². The lowest BCUT2D eigenvalue weighted by Gasteiger charge is -2.16. The third-order valence-electron chi connectivity index (χ3n) is 3.92. The first kappa shape index (κ1) is 15.5. The van der Waals surface area contributed by atoms with Gasteiger partial charge in [0.2, 0.25) is 10.0 Å². The molecular weight excluding hydrogens is 272 g/mol. The molecule has 1 heterocycles. The Morgan fingerprint density at radius 3 is 2.60 bits per heavy atom. The summed E-state index contributed by atoms with van der Waals surface area (Å²) in [5.41, 5.74) is 6.74. The summed E-state index contributed by atoms with van der Waals surface area (Å²) in [6.07, 6.45) is 3.88. The molecule has 0 radical (unpaired) electrons. The summed E-state index contributed by atoms with van der Waals surface area (Å²) < 4.78 is 26.7. The van der Waals surface area contributed by atoms with E-state index in [0.29, 0.717) is 30.4 Å². The normalized spacial score (nSPS) is 20.4. The van der Waals surface area contributed by atoms with Crippen LogP contribution in [0.25, 0.3) is 0 Å². The van der Waals surface area contributed by atoms with Gasteiger partial charge in [0.15, 0.2) is 0 Å². The second-order valence-corrected chi connectivity index (χ2v) is 7.43. The quantitative estimate of drug-likeness (QED) is 0.873. The number of nitrogens with zero attached hydrogens (tertiary/aromatic N) is 1. The number of hydrogen-bond acceptors (Lipinski definition) is 3. The van der Waals surface area contributed by atoms with Crippen molar-refractivity contribution in [2.75, 3.05) is 19.6 Å². The first-order valence-corrected chi connectivity index (χ1v) is 8.81. The van der Waals surface area contributed by atoms with Crippen molar-refractivity contribution < 1.29 is 8.42 Å². The maximum absolute atomic E-state index is 12.5. The summed E-state index contributed by atoms with van der Waals surface area (Å²) in [4.78, 5) is 0.408. The van der Waals surface area contributed by atoms with E-state index in [0.717, 1.165) is 25.7 Å². The maximum atomic E-state index is 12.5. The Labute approximate surface area is 122 Å². The monoisotopic (exact) mass is 296 g/mol. The average molecular weight is 296 g/mol. The lowest BCUT2D eigenvalue weighted by atomic mass is 10.1. The molecule has 20 heavy (non-hydrogen) atoms. The minimum Gasteiger partial charge on any atom is -0.330 e. The van der Waals surface area contributed by atoms with Crippen molar-refractivity contribution in [1.82, 2.24) is 4.31 Å². The van der Waals surface area contributed by atoms with Crippen molar-refractivity contribution in [3.05, 3.63) is 29.8 Å². The fourth-order valence-electron chi connectivity index (χ4n) is 2.75. The second-order valence-electron chi connectivity index (χ2n) is 5.49. The number of rotatable bonds is 6. The number of nitrogens with two attached hydrogens (primary N) is 1. The smallest absolute Gasteiger partial charge is 0.243 e. The van der Waals surface area contributed by atoms with Crippen LogP contribution in [-0.2, 0) is 16.4 Å². The largest absolute Gasteiger partial charge is 0.330 e. The third-order valence-corrected chi connectivity index (χ3v) is 5.80. The molecule has 0 amide bonds. The van der Waals surface area contributed by atoms with E-state index in [1.807, 2.05) is 12.1 Å². The van der Waals surface area contributed by atoms with Crippen molar-refractivity contribution in [3.8, 4) is 0 Å². The highest BCUT2D eigenvalue weighted by Crippen LogP contribution is 2.26. The van der Waals surface area contributed by atoms with Crippen LogP contribution in [0.3, 0.4) is 0 Å². The minimum atomic E-state index is -3.33. The zero-order valence-electron chi connectivity index (χ0n) is 12.1. The van der Waals surface area contributed by atoms with Crippen LogP contribution < -0.4 is 5.73 Å². The third kappa shape index (κ3) is 3.40. The Bertz CT molecular complexity index is 525. The molecule has 0 aromatic heterocycles. The summed E-state index contributed by atoms with van der Waals surface area (Å²) in [6.45, 7) is 3.97. The van der Waals surface area contributed by atoms with Gasteiger partial charge >= 0.3 is 0 Å². The number of hydrogen-bond donors (Lipinski definition) is 1. The van der Waals surface area contributed by atoms with E-state index in [9.17, 15) is 8.42 Å². The second kappa shape index (κ2) is 6.70. The van der Waals surface area contributed by atoms with Crippen molar-refractivity contribution >= 4 is 10.0 Å². The first-order chi connectivity index (χ1) is 9.57. The van der Waals surface area contributed by atoms with E-state index >= 15 is 0 Å². The van der Waals surface area contributed by atoms with Crippen molar-refractivity contribution in [2.24, 2.45) is 11.7 Å². The van der Waals surface area contributed by atoms with Gasteiger partial charge in [-0.15, -0.1) is 0 Å². The van der Waals surface area contributed by atoms with E-state index < -0.39 is 10.0 Å². The molecule has 2 rings (SSSR count). The molecule has 0 saturated carbocycles. The molecule has 1 aromatic rings. The molecule has 0 aliphatic carbocycles. The van der Waals surface area contributed by atoms with Crippen LogP contribution in [0.4, 0.5) is 0 Å². The van der Waals surface area contributed by atoms with E-state index in [-0.39, 0.29) is 0 Å². The topological polar surface area (TPSA) is 63.4 Å². The van der Waals surface area contributed by atoms with Gasteiger partial charge in [-0.05, 0) is 49.4 Å². The number of benzene rings is 1. The highest BCUT2D eigenvalue weighted by molar-refractivity contribution is 7.89. The van der Waals surface area contributed by atoms with Crippen molar-refractivity contribution in [1.29, 1.82) is 0 Å². The lowest BCUT2D eigenvalue weighted by molar-refractivity contribution is 0.449. The zero-order chi connectivity index (χ0) is 14.6. The molecule has 1 aliphatic rings. The van der Waals surface area contributed by atoms with Gasteiger partial charge in [-0.1, -0.05) is 25.5 Å². The first-order valence-electron chi connectivity index (χ1n) is 7.37. The Morgan fingerprint density at radius 2 is 2.00 bits per heavy atom. The Kier molecular flexibility index (Phi) is 5.18. The molecule has 1 saturated heterocycles. The van der Waals surface area contributed by atoms with Gasteiger partial charge in [-0.25, -0.2) is 8.42 Å². The molecule has 1 atom stereocenters. The van der Waals surface area contributed by atoms with Gasteiger partial charge in [-0.3, -0.25) is 0 Å². The molecule has 0 bridgehead atoms. The van der Waals surface area contributed by atoms with Crippen LogP contribution in [-0.4, -0.2) is 32.4 Å². The molecule has 2 N–H and O–H groups in total. The molecule has 1 unspecified atom stereocenters. The molecule has 112 valence electrons. The van der Waals surface area contributed by atoms with E-state index in [4.69, 9.17) is 5.73 Å². The van der Waals surface area contributed by atoms with Crippen molar-refractivity contribution in [2.45, 2.75) is 37.5 Å². The van der Waals surface area contributed by atoms with Gasteiger partial charge in [-0.2, -0.15) is 4.31 Å². The predicted octanol–water partition coefficient (Wildman–Crippen LogP) is 2.00. The number of aryl methyl sites for hydroxylation is 1. The molecule has 0 spiro atoms.